The molecule has 0 saturated carbocycles. The third-order valence-electron chi connectivity index (χ3n) is 2.80. The Bertz CT molecular complexity index is 585. The second kappa shape index (κ2) is 6.30. The van der Waals surface area contributed by atoms with E-state index in [-0.39, 0.29) is 17.0 Å². The van der Waals surface area contributed by atoms with Crippen LogP contribution in [0.15, 0.2) is 22.6 Å². The highest BCUT2D eigenvalue weighted by atomic mass is 19.1. The zero-order valence-electron chi connectivity index (χ0n) is 12.4. The number of hydrogen-bond acceptors (Lipinski definition) is 4. The first kappa shape index (κ1) is 15.6. The fraction of sp³-hybridized carbons (Fsp3) is 0.467. The van der Waals surface area contributed by atoms with Crippen molar-refractivity contribution in [3.8, 4) is 11.5 Å². The maximum absolute atomic E-state index is 13.1. The second-order valence-electron chi connectivity index (χ2n) is 5.94. The Morgan fingerprint density at radius 3 is 2.38 bits per heavy atom. The molecule has 0 aliphatic heterocycles. The Morgan fingerprint density at radius 2 is 1.76 bits per heavy atom. The summed E-state index contributed by atoms with van der Waals surface area (Å²) in [6.07, 6.45) is 1.46. The van der Waals surface area contributed by atoms with Gasteiger partial charge in [-0.2, -0.15) is 0 Å². The Balaban J connectivity index is 1.95. The summed E-state index contributed by atoms with van der Waals surface area (Å²) < 4.78 is 31.7. The Kier molecular flexibility index (Phi) is 4.67. The van der Waals surface area contributed by atoms with Gasteiger partial charge < -0.3 is 9.73 Å². The first-order valence-electron chi connectivity index (χ1n) is 6.87. The molecule has 2 rings (SSSR count). The molecule has 0 aliphatic rings. The van der Waals surface area contributed by atoms with Crippen molar-refractivity contribution in [2.24, 2.45) is 0 Å². The van der Waals surface area contributed by atoms with Crippen molar-refractivity contribution < 1.29 is 13.2 Å². The molecule has 0 aliphatic carbocycles. The molecule has 0 saturated heterocycles. The van der Waals surface area contributed by atoms with E-state index in [9.17, 15) is 8.78 Å². The van der Waals surface area contributed by atoms with Gasteiger partial charge in [0.2, 0.25) is 11.8 Å². The van der Waals surface area contributed by atoms with Crippen molar-refractivity contribution in [1.82, 2.24) is 15.5 Å². The van der Waals surface area contributed by atoms with Gasteiger partial charge in [0.25, 0.3) is 0 Å². The van der Waals surface area contributed by atoms with E-state index in [1.807, 2.05) is 0 Å². The fourth-order valence-electron chi connectivity index (χ4n) is 1.85. The minimum absolute atomic E-state index is 0.0685. The van der Waals surface area contributed by atoms with Gasteiger partial charge in [0.05, 0.1) is 0 Å². The van der Waals surface area contributed by atoms with Crippen LogP contribution in [0.2, 0.25) is 0 Å². The number of nitrogens with zero attached hydrogens (tertiary/aromatic N) is 2. The van der Waals surface area contributed by atoms with Crippen LogP contribution in [0.25, 0.3) is 11.5 Å². The molecule has 1 heterocycles. The summed E-state index contributed by atoms with van der Waals surface area (Å²) in [7, 11) is 0. The second-order valence-corrected chi connectivity index (χ2v) is 5.94. The summed E-state index contributed by atoms with van der Waals surface area (Å²) in [6, 6.07) is 3.14. The van der Waals surface area contributed by atoms with Crippen molar-refractivity contribution >= 4 is 0 Å². The lowest BCUT2D eigenvalue weighted by Gasteiger charge is -2.19. The third-order valence-corrected chi connectivity index (χ3v) is 2.80. The molecule has 1 N–H and O–H groups in total. The van der Waals surface area contributed by atoms with E-state index in [1.54, 1.807) is 0 Å². The first-order valence-corrected chi connectivity index (χ1v) is 6.87. The largest absolute Gasteiger partial charge is 0.421 e. The van der Waals surface area contributed by atoms with Crippen molar-refractivity contribution in [3.63, 3.8) is 0 Å². The van der Waals surface area contributed by atoms with Crippen LogP contribution >= 0.6 is 0 Å². The van der Waals surface area contributed by atoms with E-state index < -0.39 is 11.6 Å². The highest BCUT2D eigenvalue weighted by Gasteiger charge is 2.12. The van der Waals surface area contributed by atoms with Gasteiger partial charge >= 0.3 is 0 Å². The quantitative estimate of drug-likeness (QED) is 0.860. The average Bonchev–Trinajstić information content (AvgIpc) is 2.81. The molecule has 0 amide bonds. The predicted molar refractivity (Wildman–Crippen MR) is 75.7 cm³/mol. The molecule has 0 spiro atoms. The highest BCUT2D eigenvalue weighted by Crippen LogP contribution is 2.20. The molecular formula is C15H19F2N3O. The number of hydrogen-bond donors (Lipinski definition) is 1. The van der Waals surface area contributed by atoms with Gasteiger partial charge in [0.1, 0.15) is 11.6 Å². The van der Waals surface area contributed by atoms with Gasteiger partial charge in [-0.3, -0.25) is 0 Å². The molecule has 1 aromatic carbocycles. The molecule has 114 valence electrons. The lowest BCUT2D eigenvalue weighted by Crippen LogP contribution is -2.36. The van der Waals surface area contributed by atoms with E-state index in [1.165, 1.54) is 12.1 Å². The maximum atomic E-state index is 13.1. The van der Waals surface area contributed by atoms with Crippen molar-refractivity contribution in [2.75, 3.05) is 6.54 Å². The fourth-order valence-corrected chi connectivity index (χ4v) is 1.85. The van der Waals surface area contributed by atoms with E-state index in [0.29, 0.717) is 12.3 Å². The van der Waals surface area contributed by atoms with Crippen molar-refractivity contribution in [1.29, 1.82) is 0 Å². The summed E-state index contributed by atoms with van der Waals surface area (Å²) in [6.45, 7) is 7.11. The van der Waals surface area contributed by atoms with Gasteiger partial charge in [-0.25, -0.2) is 8.78 Å². The van der Waals surface area contributed by atoms with Crippen molar-refractivity contribution in [3.05, 3.63) is 35.7 Å². The van der Waals surface area contributed by atoms with Gasteiger partial charge in [0.15, 0.2) is 0 Å². The van der Waals surface area contributed by atoms with Crippen molar-refractivity contribution in [2.45, 2.75) is 39.2 Å². The van der Waals surface area contributed by atoms with E-state index >= 15 is 0 Å². The Hall–Kier alpha value is -1.82. The zero-order chi connectivity index (χ0) is 15.5. The van der Waals surface area contributed by atoms with Crippen LogP contribution in [-0.2, 0) is 6.42 Å². The number of benzene rings is 1. The monoisotopic (exact) mass is 295 g/mol. The molecule has 6 heteroatoms. The maximum Gasteiger partial charge on any atom is 0.247 e. The zero-order valence-corrected chi connectivity index (χ0v) is 12.4. The minimum atomic E-state index is -0.667. The highest BCUT2D eigenvalue weighted by molar-refractivity contribution is 5.52. The van der Waals surface area contributed by atoms with Crippen LogP contribution in [0.4, 0.5) is 8.78 Å². The summed E-state index contributed by atoms with van der Waals surface area (Å²) in [5.74, 6) is -0.740. The van der Waals surface area contributed by atoms with E-state index in [2.05, 4.69) is 36.3 Å². The molecule has 0 bridgehead atoms. The summed E-state index contributed by atoms with van der Waals surface area (Å²) in [4.78, 5) is 0. The van der Waals surface area contributed by atoms with Crippen LogP contribution in [0.1, 0.15) is 33.1 Å². The number of aromatic nitrogens is 2. The predicted octanol–water partition coefficient (Wildman–Crippen LogP) is 3.34. The van der Waals surface area contributed by atoms with Crippen LogP contribution < -0.4 is 5.32 Å². The standard InChI is InChI=1S/C15H19F2N3O/c1-15(2,3)18-6-4-5-13-19-20-14(21-13)10-7-11(16)9-12(17)8-10/h7-9,18H,4-6H2,1-3H3. The van der Waals surface area contributed by atoms with Gasteiger partial charge in [-0.15, -0.1) is 10.2 Å². The average molecular weight is 295 g/mol. The summed E-state index contributed by atoms with van der Waals surface area (Å²) >= 11 is 0. The topological polar surface area (TPSA) is 51.0 Å². The van der Waals surface area contributed by atoms with Crippen LogP contribution in [-0.4, -0.2) is 22.3 Å². The first-order chi connectivity index (χ1) is 9.83. The minimum Gasteiger partial charge on any atom is -0.421 e. The van der Waals surface area contributed by atoms with E-state index in [0.717, 1.165) is 19.0 Å². The number of nitrogens with one attached hydrogen (secondary N) is 1. The Morgan fingerprint density at radius 1 is 1.10 bits per heavy atom. The van der Waals surface area contributed by atoms with Gasteiger partial charge in [-0.05, 0) is 45.9 Å². The van der Waals surface area contributed by atoms with Crippen LogP contribution in [0.3, 0.4) is 0 Å². The summed E-state index contributed by atoms with van der Waals surface area (Å²) in [5, 5.41) is 11.1. The molecule has 0 radical (unpaired) electrons. The van der Waals surface area contributed by atoms with Crippen LogP contribution in [0.5, 0.6) is 0 Å². The molecule has 2 aromatic rings. The number of halogens is 2. The molecule has 4 nitrogen and oxygen atoms in total. The molecule has 21 heavy (non-hydrogen) atoms. The molecule has 0 atom stereocenters. The molecular weight excluding hydrogens is 276 g/mol. The summed E-state index contributed by atoms with van der Waals surface area (Å²) in [5.41, 5.74) is 0.318. The van der Waals surface area contributed by atoms with Gasteiger partial charge in [-0.1, -0.05) is 0 Å². The van der Waals surface area contributed by atoms with Gasteiger partial charge in [0, 0.05) is 23.6 Å². The lowest BCUT2D eigenvalue weighted by atomic mass is 10.1. The third kappa shape index (κ3) is 4.90. The molecule has 0 fully saturated rings. The van der Waals surface area contributed by atoms with Crippen LogP contribution in [0, 0.1) is 11.6 Å². The smallest absolute Gasteiger partial charge is 0.247 e. The Labute approximate surface area is 122 Å². The number of rotatable bonds is 5. The molecule has 1 aromatic heterocycles. The van der Waals surface area contributed by atoms with E-state index in [4.69, 9.17) is 4.42 Å². The normalized spacial score (nSPS) is 11.9. The number of aryl methyl sites for hydroxylation is 1. The molecule has 0 unspecified atom stereocenters. The lowest BCUT2D eigenvalue weighted by molar-refractivity contribution is 0.412. The SMILES string of the molecule is CC(C)(C)NCCCc1nnc(-c2cc(F)cc(F)c2)o1.